The predicted molar refractivity (Wildman–Crippen MR) is 78.2 cm³/mol. The van der Waals surface area contributed by atoms with Crippen molar-refractivity contribution in [2.24, 2.45) is 0 Å². The molecule has 0 saturated carbocycles. The number of likely N-dealkylation sites (tertiary alicyclic amines) is 1. The Balaban J connectivity index is 2.10. The van der Waals surface area contributed by atoms with Gasteiger partial charge in [0, 0.05) is 13.1 Å². The Morgan fingerprint density at radius 2 is 2.16 bits per heavy atom. The van der Waals surface area contributed by atoms with Gasteiger partial charge < -0.3 is 10.2 Å². The van der Waals surface area contributed by atoms with Gasteiger partial charge in [0.2, 0.25) is 5.91 Å². The Labute approximate surface area is 116 Å². The molecule has 1 atom stereocenters. The van der Waals surface area contributed by atoms with E-state index >= 15 is 0 Å². The molecule has 0 spiro atoms. The van der Waals surface area contributed by atoms with Gasteiger partial charge in [-0.2, -0.15) is 0 Å². The zero-order valence-electron chi connectivity index (χ0n) is 12.2. The molecular weight excluding hydrogens is 236 g/mol. The van der Waals surface area contributed by atoms with Crippen molar-refractivity contribution in [3.05, 3.63) is 35.4 Å². The second-order valence-corrected chi connectivity index (χ2v) is 5.78. The SMILES string of the molecule is CNCC1(C)CCCN1C(=O)Cc1ccccc1C. The molecule has 0 aliphatic carbocycles. The number of carbonyl (C=O) groups is 1. The standard InChI is InChI=1S/C16H24N2O/c1-13-7-4-5-8-14(13)11-15(19)18-10-6-9-16(18,2)12-17-3/h4-5,7-8,17H,6,9-12H2,1-3H3. The van der Waals surface area contributed by atoms with E-state index in [1.165, 1.54) is 5.56 Å². The number of carbonyl (C=O) groups excluding carboxylic acids is 1. The zero-order valence-corrected chi connectivity index (χ0v) is 12.2. The van der Waals surface area contributed by atoms with Crippen molar-refractivity contribution in [1.29, 1.82) is 0 Å². The highest BCUT2D eigenvalue weighted by molar-refractivity contribution is 5.80. The van der Waals surface area contributed by atoms with E-state index in [1.54, 1.807) is 0 Å². The maximum atomic E-state index is 12.6. The normalized spacial score (nSPS) is 22.8. The second kappa shape index (κ2) is 5.74. The third-order valence-electron chi connectivity index (χ3n) is 4.21. The van der Waals surface area contributed by atoms with Gasteiger partial charge in [0.05, 0.1) is 12.0 Å². The van der Waals surface area contributed by atoms with E-state index < -0.39 is 0 Å². The average Bonchev–Trinajstić information content (AvgIpc) is 2.74. The number of nitrogens with one attached hydrogen (secondary N) is 1. The molecule has 3 heteroatoms. The maximum Gasteiger partial charge on any atom is 0.227 e. The first kappa shape index (κ1) is 14.1. The fourth-order valence-corrected chi connectivity index (χ4v) is 3.08. The summed E-state index contributed by atoms with van der Waals surface area (Å²) >= 11 is 0. The van der Waals surface area contributed by atoms with Gasteiger partial charge in [0.1, 0.15) is 0 Å². The van der Waals surface area contributed by atoms with Crippen LogP contribution in [0.3, 0.4) is 0 Å². The molecule has 1 aromatic rings. The van der Waals surface area contributed by atoms with Gasteiger partial charge in [0.15, 0.2) is 0 Å². The average molecular weight is 260 g/mol. The summed E-state index contributed by atoms with van der Waals surface area (Å²) in [5, 5.41) is 3.22. The molecule has 19 heavy (non-hydrogen) atoms. The molecule has 1 aromatic carbocycles. The largest absolute Gasteiger partial charge is 0.336 e. The van der Waals surface area contributed by atoms with Gasteiger partial charge in [-0.05, 0) is 44.9 Å². The lowest BCUT2D eigenvalue weighted by Crippen LogP contribution is -2.51. The molecule has 104 valence electrons. The predicted octanol–water partition coefficient (Wildman–Crippen LogP) is 2.14. The summed E-state index contributed by atoms with van der Waals surface area (Å²) in [6.45, 7) is 6.01. The first-order chi connectivity index (χ1) is 9.07. The van der Waals surface area contributed by atoms with Crippen molar-refractivity contribution < 1.29 is 4.79 Å². The Hall–Kier alpha value is -1.35. The summed E-state index contributed by atoms with van der Waals surface area (Å²) in [5.74, 6) is 0.254. The molecule has 1 unspecified atom stereocenters. The minimum atomic E-state index is -0.0193. The summed E-state index contributed by atoms with van der Waals surface area (Å²) in [5.41, 5.74) is 2.32. The number of amides is 1. The van der Waals surface area contributed by atoms with Crippen LogP contribution in [0.2, 0.25) is 0 Å². The number of aryl methyl sites for hydroxylation is 1. The fourth-order valence-electron chi connectivity index (χ4n) is 3.08. The van der Waals surface area contributed by atoms with Crippen molar-refractivity contribution in [3.63, 3.8) is 0 Å². The number of hydrogen-bond acceptors (Lipinski definition) is 2. The topological polar surface area (TPSA) is 32.3 Å². The van der Waals surface area contributed by atoms with Gasteiger partial charge in [-0.15, -0.1) is 0 Å². The van der Waals surface area contributed by atoms with Crippen LogP contribution >= 0.6 is 0 Å². The molecule has 1 saturated heterocycles. The van der Waals surface area contributed by atoms with E-state index in [4.69, 9.17) is 0 Å². The summed E-state index contributed by atoms with van der Waals surface area (Å²) in [4.78, 5) is 14.6. The minimum Gasteiger partial charge on any atom is -0.336 e. The van der Waals surface area contributed by atoms with Crippen LogP contribution in [0.25, 0.3) is 0 Å². The molecule has 1 aliphatic rings. The molecule has 1 fully saturated rings. The third kappa shape index (κ3) is 2.98. The molecule has 1 aliphatic heterocycles. The number of benzene rings is 1. The molecule has 0 radical (unpaired) electrons. The lowest BCUT2D eigenvalue weighted by atomic mass is 9.97. The van der Waals surface area contributed by atoms with Crippen LogP contribution in [0, 0.1) is 6.92 Å². The van der Waals surface area contributed by atoms with Crippen LogP contribution in [0.5, 0.6) is 0 Å². The van der Waals surface area contributed by atoms with Crippen molar-refractivity contribution in [3.8, 4) is 0 Å². The Kier molecular flexibility index (Phi) is 4.25. The summed E-state index contributed by atoms with van der Waals surface area (Å²) < 4.78 is 0. The monoisotopic (exact) mass is 260 g/mol. The van der Waals surface area contributed by atoms with E-state index in [9.17, 15) is 4.79 Å². The van der Waals surface area contributed by atoms with Crippen LogP contribution in [-0.4, -0.2) is 36.5 Å². The zero-order chi connectivity index (χ0) is 13.9. The summed E-state index contributed by atoms with van der Waals surface area (Å²) in [7, 11) is 1.95. The van der Waals surface area contributed by atoms with Gasteiger partial charge in [-0.1, -0.05) is 24.3 Å². The quantitative estimate of drug-likeness (QED) is 0.899. The highest BCUT2D eigenvalue weighted by Crippen LogP contribution is 2.29. The van der Waals surface area contributed by atoms with Crippen molar-refractivity contribution in [2.45, 2.75) is 38.6 Å². The van der Waals surface area contributed by atoms with E-state index in [0.29, 0.717) is 6.42 Å². The van der Waals surface area contributed by atoms with Crippen molar-refractivity contribution in [2.75, 3.05) is 20.1 Å². The Bertz CT molecular complexity index is 458. The van der Waals surface area contributed by atoms with Crippen LogP contribution in [0.1, 0.15) is 30.9 Å². The molecule has 1 N–H and O–H groups in total. The highest BCUT2D eigenvalue weighted by atomic mass is 16.2. The van der Waals surface area contributed by atoms with Crippen LogP contribution in [0.15, 0.2) is 24.3 Å². The van der Waals surface area contributed by atoms with Gasteiger partial charge in [-0.3, -0.25) is 4.79 Å². The summed E-state index contributed by atoms with van der Waals surface area (Å²) in [6.07, 6.45) is 2.72. The molecule has 0 bridgehead atoms. The lowest BCUT2D eigenvalue weighted by molar-refractivity contribution is -0.134. The van der Waals surface area contributed by atoms with E-state index in [-0.39, 0.29) is 11.4 Å². The summed E-state index contributed by atoms with van der Waals surface area (Å²) in [6, 6.07) is 8.15. The van der Waals surface area contributed by atoms with Crippen LogP contribution in [-0.2, 0) is 11.2 Å². The van der Waals surface area contributed by atoms with Crippen molar-refractivity contribution >= 4 is 5.91 Å². The highest BCUT2D eigenvalue weighted by Gasteiger charge is 2.38. The first-order valence-electron chi connectivity index (χ1n) is 7.06. The molecule has 1 amide bonds. The lowest BCUT2D eigenvalue weighted by Gasteiger charge is -2.35. The molecular formula is C16H24N2O. The smallest absolute Gasteiger partial charge is 0.227 e. The minimum absolute atomic E-state index is 0.0193. The van der Waals surface area contributed by atoms with Crippen LogP contribution in [0.4, 0.5) is 0 Å². The number of nitrogens with zero attached hydrogens (tertiary/aromatic N) is 1. The van der Waals surface area contributed by atoms with Crippen molar-refractivity contribution in [1.82, 2.24) is 10.2 Å². The van der Waals surface area contributed by atoms with E-state index in [1.807, 2.05) is 19.2 Å². The number of likely N-dealkylation sites (N-methyl/N-ethyl adjacent to an activating group) is 1. The Morgan fingerprint density at radius 3 is 2.84 bits per heavy atom. The molecule has 2 rings (SSSR count). The molecule has 0 aromatic heterocycles. The van der Waals surface area contributed by atoms with Gasteiger partial charge >= 0.3 is 0 Å². The Morgan fingerprint density at radius 1 is 1.42 bits per heavy atom. The number of hydrogen-bond donors (Lipinski definition) is 1. The van der Waals surface area contributed by atoms with Gasteiger partial charge in [0.25, 0.3) is 0 Å². The van der Waals surface area contributed by atoms with Crippen LogP contribution < -0.4 is 5.32 Å². The molecule has 1 heterocycles. The second-order valence-electron chi connectivity index (χ2n) is 5.78. The first-order valence-corrected chi connectivity index (χ1v) is 7.06. The fraction of sp³-hybridized carbons (Fsp3) is 0.562. The molecule has 3 nitrogen and oxygen atoms in total. The maximum absolute atomic E-state index is 12.6. The number of rotatable bonds is 4. The third-order valence-corrected chi connectivity index (χ3v) is 4.21. The van der Waals surface area contributed by atoms with E-state index in [2.05, 4.69) is 36.2 Å². The van der Waals surface area contributed by atoms with Gasteiger partial charge in [-0.25, -0.2) is 0 Å². The van der Waals surface area contributed by atoms with E-state index in [0.717, 1.165) is 31.5 Å².